The molecule has 3 N–H and O–H groups in total. The molecule has 0 spiro atoms. The van der Waals surface area contributed by atoms with Gasteiger partial charge in [0.05, 0.1) is 6.04 Å². The summed E-state index contributed by atoms with van der Waals surface area (Å²) >= 11 is 0. The molecular weight excluding hydrogens is 206 g/mol. The van der Waals surface area contributed by atoms with E-state index in [-0.39, 0.29) is 17.9 Å². The van der Waals surface area contributed by atoms with Crippen molar-refractivity contribution in [3.63, 3.8) is 0 Å². The van der Waals surface area contributed by atoms with E-state index in [4.69, 9.17) is 5.11 Å². The predicted octanol–water partition coefficient (Wildman–Crippen LogP) is -0.273. The van der Waals surface area contributed by atoms with Crippen molar-refractivity contribution < 1.29 is 18.7 Å². The van der Waals surface area contributed by atoms with E-state index < -0.39 is 19.1 Å². The first-order valence-corrected chi connectivity index (χ1v) is 4.99. The molecule has 6 heteroatoms. The minimum atomic E-state index is -2.82. The van der Waals surface area contributed by atoms with E-state index in [1.165, 1.54) is 0 Å². The second-order valence-corrected chi connectivity index (χ2v) is 3.84. The molecule has 3 atom stereocenters. The summed E-state index contributed by atoms with van der Waals surface area (Å²) in [5, 5.41) is 14.1. The summed E-state index contributed by atoms with van der Waals surface area (Å²) < 4.78 is 23.8. The maximum Gasteiger partial charge on any atom is 0.265 e. The van der Waals surface area contributed by atoms with Gasteiger partial charge in [-0.25, -0.2) is 8.78 Å². The molecule has 0 aromatic heterocycles. The van der Waals surface area contributed by atoms with Crippen molar-refractivity contribution in [2.75, 3.05) is 13.1 Å². The fourth-order valence-corrected chi connectivity index (χ4v) is 1.59. The first-order valence-electron chi connectivity index (χ1n) is 4.99. The van der Waals surface area contributed by atoms with Crippen LogP contribution in [0.1, 0.15) is 13.3 Å². The number of aliphatic hydroxyl groups is 1. The highest BCUT2D eigenvalue weighted by Gasteiger charge is 2.29. The zero-order valence-electron chi connectivity index (χ0n) is 8.54. The molecule has 1 aliphatic rings. The van der Waals surface area contributed by atoms with E-state index in [1.807, 2.05) is 6.92 Å². The maximum absolute atomic E-state index is 11.9. The van der Waals surface area contributed by atoms with Crippen LogP contribution in [0.5, 0.6) is 0 Å². The Kier molecular flexibility index (Phi) is 4.41. The third kappa shape index (κ3) is 3.39. The Morgan fingerprint density at radius 2 is 2.33 bits per heavy atom. The van der Waals surface area contributed by atoms with Crippen LogP contribution in [0.3, 0.4) is 0 Å². The average molecular weight is 222 g/mol. The van der Waals surface area contributed by atoms with Crippen molar-refractivity contribution in [2.24, 2.45) is 5.92 Å². The minimum Gasteiger partial charge on any atom is -0.385 e. The highest BCUT2D eigenvalue weighted by Crippen LogP contribution is 2.14. The van der Waals surface area contributed by atoms with Crippen molar-refractivity contribution >= 4 is 5.91 Å². The molecule has 88 valence electrons. The van der Waals surface area contributed by atoms with Crippen molar-refractivity contribution in [3.05, 3.63) is 0 Å². The van der Waals surface area contributed by atoms with Gasteiger partial charge in [-0.05, 0) is 18.9 Å². The van der Waals surface area contributed by atoms with Gasteiger partial charge in [0.15, 0.2) is 0 Å². The third-order valence-corrected chi connectivity index (χ3v) is 2.59. The van der Waals surface area contributed by atoms with Gasteiger partial charge in [-0.15, -0.1) is 0 Å². The van der Waals surface area contributed by atoms with Gasteiger partial charge in [-0.1, -0.05) is 6.92 Å². The Bertz CT molecular complexity index is 226. The summed E-state index contributed by atoms with van der Waals surface area (Å²) in [5.74, 6) is -0.117. The second kappa shape index (κ2) is 5.37. The highest BCUT2D eigenvalue weighted by molar-refractivity contribution is 5.82. The number of alkyl halides is 2. The number of carbonyl (C=O) groups is 1. The van der Waals surface area contributed by atoms with Crippen LogP contribution in [0, 0.1) is 5.92 Å². The van der Waals surface area contributed by atoms with Crippen LogP contribution >= 0.6 is 0 Å². The summed E-state index contributed by atoms with van der Waals surface area (Å²) in [4.78, 5) is 11.5. The number of amides is 1. The van der Waals surface area contributed by atoms with Crippen LogP contribution < -0.4 is 10.6 Å². The first kappa shape index (κ1) is 12.3. The average Bonchev–Trinajstić information content (AvgIpc) is 2.60. The molecule has 1 amide bonds. The van der Waals surface area contributed by atoms with E-state index in [1.54, 1.807) is 0 Å². The molecule has 1 saturated heterocycles. The Morgan fingerprint density at radius 1 is 1.67 bits per heavy atom. The minimum absolute atomic E-state index is 0.202. The SMILES string of the molecule is CC1CCNC1C(=O)NCC(O)C(F)F. The Morgan fingerprint density at radius 3 is 2.80 bits per heavy atom. The number of halogens is 2. The van der Waals surface area contributed by atoms with E-state index in [9.17, 15) is 13.6 Å². The van der Waals surface area contributed by atoms with Gasteiger partial charge in [0.1, 0.15) is 6.10 Å². The van der Waals surface area contributed by atoms with Crippen LogP contribution in [-0.4, -0.2) is 42.7 Å². The maximum atomic E-state index is 11.9. The first-order chi connectivity index (χ1) is 7.02. The Labute approximate surface area is 87.0 Å². The predicted molar refractivity (Wildman–Crippen MR) is 50.6 cm³/mol. The molecule has 0 aromatic carbocycles. The normalized spacial score (nSPS) is 28.1. The van der Waals surface area contributed by atoms with Gasteiger partial charge in [0, 0.05) is 6.54 Å². The molecule has 4 nitrogen and oxygen atoms in total. The van der Waals surface area contributed by atoms with Gasteiger partial charge in [-0.3, -0.25) is 4.79 Å². The van der Waals surface area contributed by atoms with Crippen molar-refractivity contribution in [3.8, 4) is 0 Å². The molecule has 0 saturated carbocycles. The summed E-state index contributed by atoms with van der Waals surface area (Å²) in [6.45, 7) is 2.28. The van der Waals surface area contributed by atoms with E-state index >= 15 is 0 Å². The molecule has 1 aliphatic heterocycles. The Hall–Kier alpha value is -0.750. The largest absolute Gasteiger partial charge is 0.385 e. The summed E-state index contributed by atoms with van der Waals surface area (Å²) in [6, 6.07) is -0.324. The quantitative estimate of drug-likeness (QED) is 0.613. The summed E-state index contributed by atoms with van der Waals surface area (Å²) in [5.41, 5.74) is 0. The molecule has 1 heterocycles. The van der Waals surface area contributed by atoms with Crippen LogP contribution in [0.4, 0.5) is 8.78 Å². The molecule has 3 unspecified atom stereocenters. The number of rotatable bonds is 4. The number of aliphatic hydroxyl groups excluding tert-OH is 1. The zero-order chi connectivity index (χ0) is 11.4. The molecular formula is C9H16F2N2O2. The molecule has 0 aliphatic carbocycles. The van der Waals surface area contributed by atoms with E-state index in [0.717, 1.165) is 13.0 Å². The van der Waals surface area contributed by atoms with E-state index in [2.05, 4.69) is 10.6 Å². The molecule has 0 bridgehead atoms. The van der Waals surface area contributed by atoms with Gasteiger partial charge < -0.3 is 15.7 Å². The Balaban J connectivity index is 2.29. The number of hydrogen-bond donors (Lipinski definition) is 3. The van der Waals surface area contributed by atoms with Gasteiger partial charge in [-0.2, -0.15) is 0 Å². The number of hydrogen-bond acceptors (Lipinski definition) is 3. The number of nitrogens with one attached hydrogen (secondary N) is 2. The monoisotopic (exact) mass is 222 g/mol. The van der Waals surface area contributed by atoms with Crippen molar-refractivity contribution in [1.29, 1.82) is 0 Å². The fourth-order valence-electron chi connectivity index (χ4n) is 1.59. The lowest BCUT2D eigenvalue weighted by molar-refractivity contribution is -0.124. The lowest BCUT2D eigenvalue weighted by Crippen LogP contribution is -2.46. The zero-order valence-corrected chi connectivity index (χ0v) is 8.54. The lowest BCUT2D eigenvalue weighted by atomic mass is 10.0. The molecule has 0 radical (unpaired) electrons. The van der Waals surface area contributed by atoms with Gasteiger partial charge in [0.2, 0.25) is 5.91 Å². The molecule has 15 heavy (non-hydrogen) atoms. The fraction of sp³-hybridized carbons (Fsp3) is 0.889. The van der Waals surface area contributed by atoms with Gasteiger partial charge >= 0.3 is 0 Å². The van der Waals surface area contributed by atoms with E-state index in [0.29, 0.717) is 0 Å². The topological polar surface area (TPSA) is 61.4 Å². The standard InChI is InChI=1S/C9H16F2N2O2/c1-5-2-3-12-7(5)9(15)13-4-6(14)8(10)11/h5-8,12,14H,2-4H2,1H3,(H,13,15). The van der Waals surface area contributed by atoms with Crippen LogP contribution in [-0.2, 0) is 4.79 Å². The lowest BCUT2D eigenvalue weighted by Gasteiger charge is -2.17. The molecule has 0 aromatic rings. The van der Waals surface area contributed by atoms with Crippen LogP contribution in [0.25, 0.3) is 0 Å². The van der Waals surface area contributed by atoms with Crippen LogP contribution in [0.15, 0.2) is 0 Å². The second-order valence-electron chi connectivity index (χ2n) is 3.84. The molecule has 1 rings (SSSR count). The third-order valence-electron chi connectivity index (χ3n) is 2.59. The van der Waals surface area contributed by atoms with Crippen LogP contribution in [0.2, 0.25) is 0 Å². The summed E-state index contributed by atoms with van der Waals surface area (Å²) in [6.07, 6.45) is -3.71. The molecule has 1 fully saturated rings. The van der Waals surface area contributed by atoms with Gasteiger partial charge in [0.25, 0.3) is 6.43 Å². The summed E-state index contributed by atoms with van der Waals surface area (Å²) in [7, 11) is 0. The highest BCUT2D eigenvalue weighted by atomic mass is 19.3. The number of carbonyl (C=O) groups excluding carboxylic acids is 1. The smallest absolute Gasteiger partial charge is 0.265 e. The van der Waals surface area contributed by atoms with Crippen molar-refractivity contribution in [2.45, 2.75) is 31.9 Å². The van der Waals surface area contributed by atoms with Crippen molar-refractivity contribution in [1.82, 2.24) is 10.6 Å².